The van der Waals surface area contributed by atoms with Gasteiger partial charge in [-0.3, -0.25) is 0 Å². The van der Waals surface area contributed by atoms with Gasteiger partial charge in [0.1, 0.15) is 11.6 Å². The maximum absolute atomic E-state index is 13.7. The summed E-state index contributed by atoms with van der Waals surface area (Å²) in [5.74, 6) is -1.21. The standard InChI is InChI=1S/C12H9Br2F2NS/c1-6(10-2-3-11(14)18-10)17-12-8(13)4-7(15)5-9(12)16/h2-6,17H,1H3. The predicted molar refractivity (Wildman–Crippen MR) is 78.1 cm³/mol. The second-order valence-corrected chi connectivity index (χ2v) is 7.10. The second-order valence-electron chi connectivity index (χ2n) is 3.75. The normalized spacial score (nSPS) is 12.5. The second kappa shape index (κ2) is 5.67. The molecule has 0 aliphatic heterocycles. The molecule has 18 heavy (non-hydrogen) atoms. The van der Waals surface area contributed by atoms with Crippen LogP contribution < -0.4 is 5.32 Å². The van der Waals surface area contributed by atoms with Crippen LogP contribution in [-0.2, 0) is 0 Å². The van der Waals surface area contributed by atoms with Gasteiger partial charge in [0, 0.05) is 15.4 Å². The van der Waals surface area contributed by atoms with E-state index in [1.807, 2.05) is 19.1 Å². The zero-order chi connectivity index (χ0) is 13.3. The van der Waals surface area contributed by atoms with Crippen LogP contribution in [0.5, 0.6) is 0 Å². The Kier molecular flexibility index (Phi) is 4.40. The van der Waals surface area contributed by atoms with E-state index >= 15 is 0 Å². The minimum atomic E-state index is -0.607. The Morgan fingerprint density at radius 3 is 2.50 bits per heavy atom. The van der Waals surface area contributed by atoms with Crippen LogP contribution in [0, 0.1) is 11.6 Å². The van der Waals surface area contributed by atoms with E-state index < -0.39 is 11.6 Å². The maximum Gasteiger partial charge on any atom is 0.150 e. The maximum atomic E-state index is 13.7. The Balaban J connectivity index is 2.24. The van der Waals surface area contributed by atoms with Gasteiger partial charge in [0.15, 0.2) is 0 Å². The zero-order valence-electron chi connectivity index (χ0n) is 9.31. The molecule has 1 unspecified atom stereocenters. The monoisotopic (exact) mass is 395 g/mol. The van der Waals surface area contributed by atoms with Gasteiger partial charge >= 0.3 is 0 Å². The summed E-state index contributed by atoms with van der Waals surface area (Å²) in [5, 5.41) is 3.04. The summed E-state index contributed by atoms with van der Waals surface area (Å²) in [6.45, 7) is 1.92. The Bertz CT molecular complexity index is 548. The third kappa shape index (κ3) is 3.10. The van der Waals surface area contributed by atoms with Crippen molar-refractivity contribution in [1.29, 1.82) is 0 Å². The topological polar surface area (TPSA) is 12.0 Å². The SMILES string of the molecule is CC(Nc1c(F)cc(F)cc1Br)c1ccc(Br)s1. The molecule has 0 radical (unpaired) electrons. The minimum absolute atomic E-state index is 0.0578. The van der Waals surface area contributed by atoms with Gasteiger partial charge in [-0.05, 0) is 57.0 Å². The molecular formula is C12H9Br2F2NS. The van der Waals surface area contributed by atoms with Crippen molar-refractivity contribution in [1.82, 2.24) is 0 Å². The third-order valence-corrected chi connectivity index (χ3v) is 4.82. The lowest BCUT2D eigenvalue weighted by Gasteiger charge is -2.15. The number of hydrogen-bond donors (Lipinski definition) is 1. The Morgan fingerprint density at radius 1 is 1.22 bits per heavy atom. The molecule has 0 spiro atoms. The van der Waals surface area contributed by atoms with Crippen LogP contribution in [0.25, 0.3) is 0 Å². The first kappa shape index (κ1) is 14.0. The lowest BCUT2D eigenvalue weighted by atomic mass is 10.2. The number of nitrogens with one attached hydrogen (secondary N) is 1. The van der Waals surface area contributed by atoms with Crippen LogP contribution in [0.1, 0.15) is 17.8 Å². The predicted octanol–water partition coefficient (Wildman–Crippen LogP) is 5.72. The van der Waals surface area contributed by atoms with E-state index in [-0.39, 0.29) is 11.7 Å². The van der Waals surface area contributed by atoms with E-state index in [9.17, 15) is 8.78 Å². The minimum Gasteiger partial charge on any atom is -0.374 e. The first-order chi connectivity index (χ1) is 8.47. The summed E-state index contributed by atoms with van der Waals surface area (Å²) in [6, 6.07) is 5.94. The van der Waals surface area contributed by atoms with Gasteiger partial charge in [-0.15, -0.1) is 11.3 Å². The molecule has 0 aliphatic carbocycles. The number of rotatable bonds is 3. The fourth-order valence-electron chi connectivity index (χ4n) is 1.53. The molecule has 0 aliphatic rings. The van der Waals surface area contributed by atoms with E-state index in [1.54, 1.807) is 11.3 Å². The Hall–Kier alpha value is -0.460. The van der Waals surface area contributed by atoms with E-state index in [1.165, 1.54) is 6.07 Å². The molecule has 1 atom stereocenters. The largest absolute Gasteiger partial charge is 0.374 e. The molecule has 2 rings (SSSR count). The highest BCUT2D eigenvalue weighted by molar-refractivity contribution is 9.11. The van der Waals surface area contributed by atoms with Crippen molar-refractivity contribution in [3.63, 3.8) is 0 Å². The Labute approximate surface area is 124 Å². The number of halogens is 4. The van der Waals surface area contributed by atoms with Crippen LogP contribution in [-0.4, -0.2) is 0 Å². The molecule has 6 heteroatoms. The van der Waals surface area contributed by atoms with E-state index in [4.69, 9.17) is 0 Å². The van der Waals surface area contributed by atoms with Gasteiger partial charge in [-0.2, -0.15) is 0 Å². The molecule has 0 fully saturated rings. The lowest BCUT2D eigenvalue weighted by Crippen LogP contribution is -2.07. The first-order valence-corrected chi connectivity index (χ1v) is 7.54. The van der Waals surface area contributed by atoms with Gasteiger partial charge in [-0.25, -0.2) is 8.78 Å². The number of anilines is 1. The van der Waals surface area contributed by atoms with Crippen molar-refractivity contribution in [3.05, 3.63) is 49.0 Å². The summed E-state index contributed by atoms with van der Waals surface area (Å²) in [7, 11) is 0. The highest BCUT2D eigenvalue weighted by atomic mass is 79.9. The first-order valence-electron chi connectivity index (χ1n) is 5.13. The van der Waals surface area contributed by atoms with Crippen molar-refractivity contribution < 1.29 is 8.78 Å². The van der Waals surface area contributed by atoms with Gasteiger partial charge in [0.2, 0.25) is 0 Å². The van der Waals surface area contributed by atoms with Gasteiger partial charge in [0.05, 0.1) is 15.5 Å². The van der Waals surface area contributed by atoms with Crippen LogP contribution in [0.4, 0.5) is 14.5 Å². The molecule has 2 aromatic rings. The zero-order valence-corrected chi connectivity index (χ0v) is 13.3. The molecule has 1 aromatic heterocycles. The van der Waals surface area contributed by atoms with Crippen LogP contribution in [0.3, 0.4) is 0 Å². The van der Waals surface area contributed by atoms with Crippen molar-refractivity contribution in [2.24, 2.45) is 0 Å². The average Bonchev–Trinajstić information content (AvgIpc) is 2.70. The molecule has 1 nitrogen and oxygen atoms in total. The molecule has 1 heterocycles. The fourth-order valence-corrected chi connectivity index (χ4v) is 3.48. The Morgan fingerprint density at radius 2 is 1.94 bits per heavy atom. The van der Waals surface area contributed by atoms with Gasteiger partial charge < -0.3 is 5.32 Å². The number of hydrogen-bond acceptors (Lipinski definition) is 2. The molecule has 0 saturated carbocycles. The molecule has 1 aromatic carbocycles. The molecule has 0 amide bonds. The van der Waals surface area contributed by atoms with Crippen molar-refractivity contribution >= 4 is 48.9 Å². The van der Waals surface area contributed by atoms with Gasteiger partial charge in [-0.1, -0.05) is 0 Å². The van der Waals surface area contributed by atoms with E-state index in [0.717, 1.165) is 14.7 Å². The highest BCUT2D eigenvalue weighted by Gasteiger charge is 2.14. The molecule has 0 saturated heterocycles. The number of thiophene rings is 1. The molecule has 1 N–H and O–H groups in total. The summed E-state index contributed by atoms with van der Waals surface area (Å²) >= 11 is 8.11. The molecular weight excluding hydrogens is 388 g/mol. The summed E-state index contributed by atoms with van der Waals surface area (Å²) in [4.78, 5) is 1.07. The summed E-state index contributed by atoms with van der Waals surface area (Å²) < 4.78 is 28.0. The fraction of sp³-hybridized carbons (Fsp3) is 0.167. The molecule has 0 bridgehead atoms. The smallest absolute Gasteiger partial charge is 0.150 e. The average molecular weight is 397 g/mol. The quantitative estimate of drug-likeness (QED) is 0.698. The lowest BCUT2D eigenvalue weighted by molar-refractivity contribution is 0.582. The van der Waals surface area contributed by atoms with Crippen molar-refractivity contribution in [2.75, 3.05) is 5.32 Å². The van der Waals surface area contributed by atoms with Crippen molar-refractivity contribution in [2.45, 2.75) is 13.0 Å². The van der Waals surface area contributed by atoms with Crippen molar-refractivity contribution in [3.8, 4) is 0 Å². The number of benzene rings is 1. The van der Waals surface area contributed by atoms with Crippen LogP contribution in [0.2, 0.25) is 0 Å². The van der Waals surface area contributed by atoms with Gasteiger partial charge in [0.25, 0.3) is 0 Å². The van der Waals surface area contributed by atoms with E-state index in [0.29, 0.717) is 4.47 Å². The molecule has 96 valence electrons. The summed E-state index contributed by atoms with van der Waals surface area (Å²) in [6.07, 6.45) is 0. The highest BCUT2D eigenvalue weighted by Crippen LogP contribution is 2.33. The van der Waals surface area contributed by atoms with Crippen LogP contribution >= 0.6 is 43.2 Å². The van der Waals surface area contributed by atoms with Crippen LogP contribution in [0.15, 0.2) is 32.5 Å². The third-order valence-electron chi connectivity index (χ3n) is 2.39. The van der Waals surface area contributed by atoms with E-state index in [2.05, 4.69) is 37.2 Å². The summed E-state index contributed by atoms with van der Waals surface area (Å²) in [5.41, 5.74) is 0.272.